The van der Waals surface area contributed by atoms with E-state index in [1.54, 1.807) is 28.4 Å². The molecule has 2 N–H and O–H groups in total. The number of aliphatic imine (C=N–C) groups is 1. The third kappa shape index (κ3) is 5.69. The van der Waals surface area contributed by atoms with Gasteiger partial charge in [-0.15, -0.1) is 0 Å². The maximum absolute atomic E-state index is 6.28. The van der Waals surface area contributed by atoms with Crippen LogP contribution in [0.3, 0.4) is 0 Å². The van der Waals surface area contributed by atoms with Crippen molar-refractivity contribution < 1.29 is 14.2 Å². The van der Waals surface area contributed by atoms with Gasteiger partial charge in [0.2, 0.25) is 0 Å². The minimum atomic E-state index is 0.559. The van der Waals surface area contributed by atoms with Crippen LogP contribution in [0.4, 0.5) is 0 Å². The first kappa shape index (κ1) is 20.7. The Kier molecular flexibility index (Phi) is 8.07. The lowest BCUT2D eigenvalue weighted by molar-refractivity contribution is 0.351. The fourth-order valence-corrected chi connectivity index (χ4v) is 2.93. The van der Waals surface area contributed by atoms with E-state index < -0.39 is 0 Å². The zero-order valence-corrected chi connectivity index (χ0v) is 16.9. The van der Waals surface area contributed by atoms with Crippen molar-refractivity contribution in [3.63, 3.8) is 0 Å². The normalized spacial score (nSPS) is 11.1. The van der Waals surface area contributed by atoms with Crippen LogP contribution in [0.2, 0.25) is 5.02 Å². The number of hydrogen-bond donors (Lipinski definition) is 2. The molecule has 0 aliphatic carbocycles. The summed E-state index contributed by atoms with van der Waals surface area (Å²) in [5, 5.41) is 7.26. The van der Waals surface area contributed by atoms with Crippen LogP contribution in [0.5, 0.6) is 17.2 Å². The number of nitrogens with zero attached hydrogens (tertiary/aromatic N) is 1. The first-order valence-electron chi connectivity index (χ1n) is 8.59. The van der Waals surface area contributed by atoms with Crippen LogP contribution in [-0.2, 0) is 13.0 Å². The molecular weight excluding hydrogens is 366 g/mol. The topological polar surface area (TPSA) is 64.1 Å². The zero-order chi connectivity index (χ0) is 19.6. The lowest BCUT2D eigenvalue weighted by Gasteiger charge is -2.15. The minimum absolute atomic E-state index is 0.559. The molecule has 0 atom stereocenters. The molecule has 0 amide bonds. The molecule has 0 saturated heterocycles. The molecule has 0 saturated carbocycles. The summed E-state index contributed by atoms with van der Waals surface area (Å²) in [6.45, 7) is 1.25. The van der Waals surface area contributed by atoms with Gasteiger partial charge in [-0.2, -0.15) is 0 Å². The maximum atomic E-state index is 6.28. The molecule has 6 nitrogen and oxygen atoms in total. The number of rotatable bonds is 8. The highest BCUT2D eigenvalue weighted by Gasteiger charge is 2.10. The molecule has 0 fully saturated rings. The lowest BCUT2D eigenvalue weighted by atomic mass is 10.1. The molecule has 0 radical (unpaired) electrons. The van der Waals surface area contributed by atoms with Gasteiger partial charge in [-0.25, -0.2) is 0 Å². The summed E-state index contributed by atoms with van der Waals surface area (Å²) < 4.78 is 16.0. The van der Waals surface area contributed by atoms with E-state index in [1.165, 1.54) is 0 Å². The molecule has 27 heavy (non-hydrogen) atoms. The SMILES string of the molecule is CN=C(NCCc1ccc(OC)cc1Cl)NCc1cccc(OC)c1OC. The van der Waals surface area contributed by atoms with E-state index in [0.29, 0.717) is 35.6 Å². The van der Waals surface area contributed by atoms with Gasteiger partial charge in [-0.3, -0.25) is 4.99 Å². The first-order chi connectivity index (χ1) is 13.1. The number of guanidine groups is 1. The van der Waals surface area contributed by atoms with E-state index in [1.807, 2.05) is 36.4 Å². The second-order valence-corrected chi connectivity index (χ2v) is 6.12. The van der Waals surface area contributed by atoms with Crippen LogP contribution in [0.25, 0.3) is 0 Å². The summed E-state index contributed by atoms with van der Waals surface area (Å²) in [4.78, 5) is 4.25. The van der Waals surface area contributed by atoms with Crippen molar-refractivity contribution in [1.29, 1.82) is 0 Å². The average molecular weight is 392 g/mol. The number of hydrogen-bond acceptors (Lipinski definition) is 4. The molecule has 2 rings (SSSR count). The van der Waals surface area contributed by atoms with Gasteiger partial charge in [0.1, 0.15) is 5.75 Å². The van der Waals surface area contributed by atoms with Gasteiger partial charge in [0.25, 0.3) is 0 Å². The van der Waals surface area contributed by atoms with E-state index in [-0.39, 0.29) is 0 Å². The van der Waals surface area contributed by atoms with Gasteiger partial charge >= 0.3 is 0 Å². The summed E-state index contributed by atoms with van der Waals surface area (Å²) in [6, 6.07) is 11.5. The van der Waals surface area contributed by atoms with Gasteiger partial charge in [-0.1, -0.05) is 29.8 Å². The summed E-state index contributed by atoms with van der Waals surface area (Å²) in [6.07, 6.45) is 0.770. The van der Waals surface area contributed by atoms with Gasteiger partial charge in [0, 0.05) is 30.7 Å². The number of halogens is 1. The van der Waals surface area contributed by atoms with Crippen LogP contribution in [-0.4, -0.2) is 40.9 Å². The van der Waals surface area contributed by atoms with Crippen LogP contribution in [0.15, 0.2) is 41.4 Å². The number of ether oxygens (including phenoxy) is 3. The van der Waals surface area contributed by atoms with E-state index in [4.69, 9.17) is 25.8 Å². The smallest absolute Gasteiger partial charge is 0.191 e. The Morgan fingerprint density at radius 3 is 2.44 bits per heavy atom. The van der Waals surface area contributed by atoms with Crippen molar-refractivity contribution in [2.75, 3.05) is 34.9 Å². The summed E-state index contributed by atoms with van der Waals surface area (Å²) in [5.41, 5.74) is 2.04. The van der Waals surface area contributed by atoms with Gasteiger partial charge in [0.15, 0.2) is 17.5 Å². The Bertz CT molecular complexity index is 781. The highest BCUT2D eigenvalue weighted by Crippen LogP contribution is 2.30. The van der Waals surface area contributed by atoms with E-state index in [2.05, 4.69) is 15.6 Å². The summed E-state index contributed by atoms with van der Waals surface area (Å²) >= 11 is 6.28. The highest BCUT2D eigenvalue weighted by molar-refractivity contribution is 6.31. The predicted octanol–water partition coefficient (Wildman–Crippen LogP) is 3.27. The minimum Gasteiger partial charge on any atom is -0.497 e. The van der Waals surface area contributed by atoms with Crippen molar-refractivity contribution in [2.24, 2.45) is 4.99 Å². The Labute approximate surface area is 165 Å². The number of benzene rings is 2. The van der Waals surface area contributed by atoms with Crippen molar-refractivity contribution in [3.8, 4) is 17.2 Å². The molecule has 2 aromatic rings. The molecule has 0 heterocycles. The Morgan fingerprint density at radius 2 is 1.81 bits per heavy atom. The standard InChI is InChI=1S/C20H26ClN3O3/c1-22-20(23-11-10-14-8-9-16(25-2)12-17(14)21)24-13-15-6-5-7-18(26-3)19(15)27-4/h5-9,12H,10-11,13H2,1-4H3,(H2,22,23,24). The molecular formula is C20H26ClN3O3. The van der Waals surface area contributed by atoms with Crippen molar-refractivity contribution in [2.45, 2.75) is 13.0 Å². The second-order valence-electron chi connectivity index (χ2n) is 5.71. The number of methoxy groups -OCH3 is 3. The van der Waals surface area contributed by atoms with Crippen molar-refractivity contribution in [1.82, 2.24) is 10.6 Å². The van der Waals surface area contributed by atoms with E-state index in [0.717, 1.165) is 23.3 Å². The maximum Gasteiger partial charge on any atom is 0.191 e. The van der Waals surface area contributed by atoms with E-state index >= 15 is 0 Å². The van der Waals surface area contributed by atoms with Crippen molar-refractivity contribution in [3.05, 3.63) is 52.5 Å². The monoisotopic (exact) mass is 391 g/mol. The third-order valence-electron chi connectivity index (χ3n) is 4.10. The largest absolute Gasteiger partial charge is 0.497 e. The zero-order valence-electron chi connectivity index (χ0n) is 16.1. The van der Waals surface area contributed by atoms with Crippen LogP contribution in [0.1, 0.15) is 11.1 Å². The average Bonchev–Trinajstić information content (AvgIpc) is 2.70. The van der Waals surface area contributed by atoms with Gasteiger partial charge in [-0.05, 0) is 30.2 Å². The summed E-state index contributed by atoms with van der Waals surface area (Å²) in [7, 11) is 6.62. The van der Waals surface area contributed by atoms with Gasteiger partial charge < -0.3 is 24.8 Å². The second kappa shape index (κ2) is 10.5. The van der Waals surface area contributed by atoms with Crippen LogP contribution in [0, 0.1) is 0 Å². The summed E-state index contributed by atoms with van der Waals surface area (Å²) in [5.74, 6) is 2.87. The first-order valence-corrected chi connectivity index (χ1v) is 8.97. The molecule has 2 aromatic carbocycles. The Hall–Kier alpha value is -2.60. The molecule has 0 spiro atoms. The van der Waals surface area contributed by atoms with E-state index in [9.17, 15) is 0 Å². The Morgan fingerprint density at radius 1 is 1.00 bits per heavy atom. The van der Waals surface area contributed by atoms with Crippen LogP contribution >= 0.6 is 11.6 Å². The van der Waals surface area contributed by atoms with Gasteiger partial charge in [0.05, 0.1) is 21.3 Å². The molecule has 0 bridgehead atoms. The Balaban J connectivity index is 1.90. The molecule has 146 valence electrons. The molecule has 0 unspecified atom stereocenters. The molecule has 0 aromatic heterocycles. The fraction of sp³-hybridized carbons (Fsp3) is 0.350. The third-order valence-corrected chi connectivity index (χ3v) is 4.45. The lowest BCUT2D eigenvalue weighted by Crippen LogP contribution is -2.37. The van der Waals surface area contributed by atoms with Crippen LogP contribution < -0.4 is 24.8 Å². The quantitative estimate of drug-likeness (QED) is 0.534. The molecule has 7 heteroatoms. The number of para-hydroxylation sites is 1. The van der Waals surface area contributed by atoms with Crippen molar-refractivity contribution >= 4 is 17.6 Å². The fourth-order valence-electron chi connectivity index (χ4n) is 2.67. The molecule has 0 aliphatic heterocycles. The molecule has 0 aliphatic rings. The number of nitrogens with one attached hydrogen (secondary N) is 2. The predicted molar refractivity (Wildman–Crippen MR) is 109 cm³/mol. The highest BCUT2D eigenvalue weighted by atomic mass is 35.5.